The zero-order valence-corrected chi connectivity index (χ0v) is 15.0. The van der Waals surface area contributed by atoms with E-state index in [4.69, 9.17) is 10.5 Å². The molecule has 4 rings (SSSR count). The van der Waals surface area contributed by atoms with E-state index in [-0.39, 0.29) is 17.9 Å². The molecule has 11 nitrogen and oxygen atoms in total. The standard InChI is InChI=1S/C18H18N6O5/c19-15-12-16(21-7-20-15)24(8-22-12)17-13(26)11(14(29-17)18(27)28)23-10(25)6-9-4-2-1-3-5-9/h1-5,7-8,11,13-14,17,26H,6H2,(H,23,25)(H,27,28)(H2,19,20,21)/t11-,13+,14-,17+/m0/s1. The number of fused-ring (bicyclic) bond motifs is 1. The van der Waals surface area contributed by atoms with Crippen LogP contribution in [0.4, 0.5) is 5.82 Å². The number of carboxylic acids is 1. The number of nitrogens with one attached hydrogen (secondary N) is 1. The van der Waals surface area contributed by atoms with Gasteiger partial charge in [-0.1, -0.05) is 30.3 Å². The minimum Gasteiger partial charge on any atom is -0.479 e. The van der Waals surface area contributed by atoms with Gasteiger partial charge in [0.15, 0.2) is 23.8 Å². The number of aliphatic carboxylic acids is 1. The molecule has 0 bridgehead atoms. The number of benzene rings is 1. The first-order valence-electron chi connectivity index (χ1n) is 8.78. The number of nitrogen functional groups attached to an aromatic ring is 1. The van der Waals surface area contributed by atoms with Crippen LogP contribution < -0.4 is 11.1 Å². The van der Waals surface area contributed by atoms with Gasteiger partial charge in [-0.05, 0) is 5.56 Å². The maximum atomic E-state index is 12.4. The van der Waals surface area contributed by atoms with Crippen LogP contribution in [0.25, 0.3) is 11.2 Å². The molecular formula is C18H18N6O5. The Labute approximate surface area is 164 Å². The van der Waals surface area contributed by atoms with Gasteiger partial charge >= 0.3 is 5.97 Å². The van der Waals surface area contributed by atoms with Crippen LogP contribution in [-0.4, -0.2) is 59.9 Å². The minimum absolute atomic E-state index is 0.0405. The van der Waals surface area contributed by atoms with Crippen molar-refractivity contribution in [3.05, 3.63) is 48.5 Å². The van der Waals surface area contributed by atoms with Crippen LogP contribution in [0.3, 0.4) is 0 Å². The molecule has 3 heterocycles. The number of carboxylic acid groups (broad SMARTS) is 1. The second-order valence-corrected chi connectivity index (χ2v) is 6.61. The van der Waals surface area contributed by atoms with E-state index in [0.29, 0.717) is 5.52 Å². The second kappa shape index (κ2) is 7.45. The molecule has 11 heteroatoms. The van der Waals surface area contributed by atoms with Crippen molar-refractivity contribution >= 4 is 28.9 Å². The SMILES string of the molecule is Nc1ncnc2c1ncn2[C@@H]1O[C@H](C(=O)O)[C@@H](NC(=O)Cc2ccccc2)[C@H]1O. The quantitative estimate of drug-likeness (QED) is 0.442. The van der Waals surface area contributed by atoms with Gasteiger partial charge in [-0.2, -0.15) is 0 Å². The van der Waals surface area contributed by atoms with Crippen LogP contribution in [0.5, 0.6) is 0 Å². The van der Waals surface area contributed by atoms with E-state index in [9.17, 15) is 19.8 Å². The number of carbonyl (C=O) groups is 2. The zero-order valence-electron chi connectivity index (χ0n) is 15.0. The Morgan fingerprint density at radius 1 is 1.21 bits per heavy atom. The Hall–Kier alpha value is -3.57. The lowest BCUT2D eigenvalue weighted by molar-refractivity contribution is -0.152. The van der Waals surface area contributed by atoms with Crippen LogP contribution in [-0.2, 0) is 20.7 Å². The summed E-state index contributed by atoms with van der Waals surface area (Å²) in [5.41, 5.74) is 7.10. The van der Waals surface area contributed by atoms with E-state index in [1.165, 1.54) is 17.2 Å². The topological polar surface area (TPSA) is 165 Å². The maximum Gasteiger partial charge on any atom is 0.335 e. The lowest BCUT2D eigenvalue weighted by Gasteiger charge is -2.20. The average molecular weight is 398 g/mol. The smallest absolute Gasteiger partial charge is 0.335 e. The molecule has 1 aliphatic heterocycles. The summed E-state index contributed by atoms with van der Waals surface area (Å²) < 4.78 is 6.92. The van der Waals surface area contributed by atoms with Crippen molar-refractivity contribution < 1.29 is 24.5 Å². The Kier molecular flexibility index (Phi) is 4.82. The van der Waals surface area contributed by atoms with Crippen LogP contribution in [0.1, 0.15) is 11.8 Å². The van der Waals surface area contributed by atoms with Gasteiger partial charge in [0.1, 0.15) is 17.9 Å². The van der Waals surface area contributed by atoms with E-state index < -0.39 is 36.4 Å². The molecule has 0 radical (unpaired) electrons. The zero-order chi connectivity index (χ0) is 20.5. The first-order valence-corrected chi connectivity index (χ1v) is 8.78. The monoisotopic (exact) mass is 398 g/mol. The Balaban J connectivity index is 1.58. The molecule has 0 aliphatic carbocycles. The van der Waals surface area contributed by atoms with Crippen LogP contribution in [0.15, 0.2) is 43.0 Å². The lowest BCUT2D eigenvalue weighted by Crippen LogP contribution is -2.50. The molecule has 0 unspecified atom stereocenters. The fourth-order valence-corrected chi connectivity index (χ4v) is 3.35. The lowest BCUT2D eigenvalue weighted by atomic mass is 10.1. The first kappa shape index (κ1) is 18.8. The summed E-state index contributed by atoms with van der Waals surface area (Å²) in [5, 5.41) is 22.9. The average Bonchev–Trinajstić information content (AvgIpc) is 3.25. The van der Waals surface area contributed by atoms with Crippen molar-refractivity contribution in [1.29, 1.82) is 0 Å². The number of ether oxygens (including phenoxy) is 1. The Morgan fingerprint density at radius 3 is 2.69 bits per heavy atom. The summed E-state index contributed by atoms with van der Waals surface area (Å²) in [7, 11) is 0. The second-order valence-electron chi connectivity index (χ2n) is 6.61. The fraction of sp³-hybridized carbons (Fsp3) is 0.278. The number of aliphatic hydroxyl groups excluding tert-OH is 1. The Bertz CT molecular complexity index is 1060. The number of nitrogens with zero attached hydrogens (tertiary/aromatic N) is 4. The van der Waals surface area contributed by atoms with E-state index in [1.807, 2.05) is 6.07 Å². The molecule has 1 aromatic carbocycles. The molecule has 5 N–H and O–H groups in total. The van der Waals surface area contributed by atoms with Gasteiger partial charge in [0.2, 0.25) is 5.91 Å². The third-order valence-corrected chi connectivity index (χ3v) is 4.71. The van der Waals surface area contributed by atoms with Gasteiger partial charge in [-0.25, -0.2) is 19.7 Å². The molecule has 0 saturated carbocycles. The van der Waals surface area contributed by atoms with E-state index >= 15 is 0 Å². The highest BCUT2D eigenvalue weighted by Gasteiger charge is 2.49. The summed E-state index contributed by atoms with van der Waals surface area (Å²) in [6, 6.07) is 7.81. The third kappa shape index (κ3) is 3.48. The fourth-order valence-electron chi connectivity index (χ4n) is 3.35. The van der Waals surface area contributed by atoms with Crippen LogP contribution in [0, 0.1) is 0 Å². The summed E-state index contributed by atoms with van der Waals surface area (Å²) in [6.07, 6.45) is -1.34. The number of hydrogen-bond donors (Lipinski definition) is 4. The maximum absolute atomic E-state index is 12.4. The number of hydrogen-bond acceptors (Lipinski definition) is 8. The normalized spacial score (nSPS) is 23.9. The number of anilines is 1. The van der Waals surface area contributed by atoms with Gasteiger partial charge in [-0.3, -0.25) is 9.36 Å². The summed E-state index contributed by atoms with van der Waals surface area (Å²) >= 11 is 0. The molecule has 3 aromatic rings. The number of imidazole rings is 1. The first-order chi connectivity index (χ1) is 14.0. The van der Waals surface area contributed by atoms with Crippen molar-refractivity contribution in [3.8, 4) is 0 Å². The predicted molar refractivity (Wildman–Crippen MR) is 99.4 cm³/mol. The van der Waals surface area contributed by atoms with E-state index in [1.54, 1.807) is 24.3 Å². The van der Waals surface area contributed by atoms with Crippen molar-refractivity contribution in [3.63, 3.8) is 0 Å². The Morgan fingerprint density at radius 2 is 1.97 bits per heavy atom. The van der Waals surface area contributed by atoms with E-state index in [2.05, 4.69) is 20.3 Å². The van der Waals surface area contributed by atoms with Crippen LogP contribution >= 0.6 is 0 Å². The van der Waals surface area contributed by atoms with Crippen molar-refractivity contribution in [1.82, 2.24) is 24.8 Å². The van der Waals surface area contributed by atoms with E-state index in [0.717, 1.165) is 5.56 Å². The molecule has 2 aromatic heterocycles. The highest BCUT2D eigenvalue weighted by atomic mass is 16.6. The third-order valence-electron chi connectivity index (χ3n) is 4.71. The van der Waals surface area contributed by atoms with Crippen molar-refractivity contribution in [2.24, 2.45) is 0 Å². The number of rotatable bonds is 5. The molecule has 1 amide bonds. The van der Waals surface area contributed by atoms with Crippen molar-refractivity contribution in [2.45, 2.75) is 30.9 Å². The molecule has 0 spiro atoms. The summed E-state index contributed by atoms with van der Waals surface area (Å²) in [5.74, 6) is -1.60. The number of carbonyl (C=O) groups excluding carboxylic acids is 1. The summed E-state index contributed by atoms with van der Waals surface area (Å²) in [4.78, 5) is 36.1. The van der Waals surface area contributed by atoms with Crippen molar-refractivity contribution in [2.75, 3.05) is 5.73 Å². The van der Waals surface area contributed by atoms with Gasteiger partial charge in [0.05, 0.1) is 18.8 Å². The molecule has 150 valence electrons. The van der Waals surface area contributed by atoms with Gasteiger partial charge in [0.25, 0.3) is 0 Å². The molecule has 1 aliphatic rings. The number of amides is 1. The van der Waals surface area contributed by atoms with Gasteiger partial charge in [0, 0.05) is 0 Å². The minimum atomic E-state index is -1.45. The predicted octanol–water partition coefficient (Wildman–Crippen LogP) is -0.521. The number of nitrogens with two attached hydrogens (primary N) is 1. The molecule has 1 saturated heterocycles. The number of aromatic nitrogens is 4. The molecular weight excluding hydrogens is 380 g/mol. The molecule has 1 fully saturated rings. The van der Waals surface area contributed by atoms with Crippen LogP contribution in [0.2, 0.25) is 0 Å². The highest BCUT2D eigenvalue weighted by molar-refractivity contribution is 5.82. The molecule has 29 heavy (non-hydrogen) atoms. The summed E-state index contributed by atoms with van der Waals surface area (Å²) in [6.45, 7) is 0. The number of aliphatic hydroxyl groups is 1. The highest BCUT2D eigenvalue weighted by Crippen LogP contribution is 2.32. The van der Waals surface area contributed by atoms with Gasteiger partial charge in [-0.15, -0.1) is 0 Å². The van der Waals surface area contributed by atoms with Gasteiger partial charge < -0.3 is 26.0 Å². The molecule has 4 atom stereocenters. The largest absolute Gasteiger partial charge is 0.479 e.